The Bertz CT molecular complexity index is 167. The zero-order chi connectivity index (χ0) is 8.27. The van der Waals surface area contributed by atoms with E-state index >= 15 is 0 Å². The van der Waals surface area contributed by atoms with Gasteiger partial charge in [0.05, 0.1) is 0 Å². The van der Waals surface area contributed by atoms with Gasteiger partial charge in [0.25, 0.3) is 0 Å². The summed E-state index contributed by atoms with van der Waals surface area (Å²) in [7, 11) is 0. The molecule has 1 fully saturated rings. The second-order valence-electron chi connectivity index (χ2n) is 2.43. The molecule has 0 radical (unpaired) electrons. The largest absolute Gasteiger partial charge is 0.358 e. The summed E-state index contributed by atoms with van der Waals surface area (Å²) in [5.41, 5.74) is 0. The normalized spacial score (nSPS) is 24.3. The monoisotopic (exact) mass is 155 g/mol. The van der Waals surface area contributed by atoms with Gasteiger partial charge in [-0.05, 0) is 6.92 Å². The molecule has 0 aliphatic carbocycles. The van der Waals surface area contributed by atoms with Gasteiger partial charge in [-0.2, -0.15) is 0 Å². The van der Waals surface area contributed by atoms with E-state index in [-0.39, 0.29) is 12.1 Å². The van der Waals surface area contributed by atoms with Crippen LogP contribution in [0.15, 0.2) is 12.8 Å². The average Bonchev–Trinajstić information content (AvgIpc) is 2.33. The predicted molar refractivity (Wildman–Crippen MR) is 41.7 cm³/mol. The smallest absolute Gasteiger partial charge is 0.228 e. The van der Waals surface area contributed by atoms with Gasteiger partial charge in [-0.1, -0.05) is 6.58 Å². The number of rotatable bonds is 3. The number of hydrogen-bond donors (Lipinski definition) is 0. The molecule has 0 N–H and O–H groups in total. The van der Waals surface area contributed by atoms with Crippen molar-refractivity contribution >= 4 is 5.91 Å². The Labute approximate surface area is 66.6 Å². The average molecular weight is 155 g/mol. The van der Waals surface area contributed by atoms with Crippen LogP contribution in [0.1, 0.15) is 19.8 Å². The molecular formula is C8H13NO2. The van der Waals surface area contributed by atoms with E-state index in [1.165, 1.54) is 6.20 Å². The fourth-order valence-corrected chi connectivity index (χ4v) is 1.25. The fourth-order valence-electron chi connectivity index (χ4n) is 1.25. The molecule has 1 aliphatic rings. The van der Waals surface area contributed by atoms with Gasteiger partial charge >= 0.3 is 0 Å². The summed E-state index contributed by atoms with van der Waals surface area (Å²) in [5.74, 6) is 0.110. The predicted octanol–water partition coefficient (Wildman–Crippen LogP) is 1.11. The van der Waals surface area contributed by atoms with Crippen molar-refractivity contribution in [3.8, 4) is 0 Å². The quantitative estimate of drug-likeness (QED) is 0.611. The van der Waals surface area contributed by atoms with Crippen LogP contribution in [-0.2, 0) is 9.53 Å². The van der Waals surface area contributed by atoms with Crippen LogP contribution >= 0.6 is 0 Å². The SMILES string of the molecule is C=CN1C(=O)CCC1OCC. The minimum absolute atomic E-state index is 0.0648. The summed E-state index contributed by atoms with van der Waals surface area (Å²) in [6.07, 6.45) is 2.84. The molecular weight excluding hydrogens is 142 g/mol. The summed E-state index contributed by atoms with van der Waals surface area (Å²) >= 11 is 0. The van der Waals surface area contributed by atoms with E-state index in [1.54, 1.807) is 4.90 Å². The van der Waals surface area contributed by atoms with Gasteiger partial charge in [-0.15, -0.1) is 0 Å². The van der Waals surface area contributed by atoms with E-state index in [9.17, 15) is 4.79 Å². The number of carbonyl (C=O) groups excluding carboxylic acids is 1. The lowest BCUT2D eigenvalue weighted by atomic mass is 10.3. The molecule has 0 saturated carbocycles. The van der Waals surface area contributed by atoms with E-state index in [2.05, 4.69) is 6.58 Å². The van der Waals surface area contributed by atoms with E-state index in [0.717, 1.165) is 6.42 Å². The molecule has 0 aromatic heterocycles. The number of ether oxygens (including phenoxy) is 1. The molecule has 3 nitrogen and oxygen atoms in total. The molecule has 1 amide bonds. The highest BCUT2D eigenvalue weighted by molar-refractivity contribution is 5.79. The Morgan fingerprint density at radius 2 is 2.64 bits per heavy atom. The molecule has 0 spiro atoms. The van der Waals surface area contributed by atoms with Crippen LogP contribution in [0.5, 0.6) is 0 Å². The van der Waals surface area contributed by atoms with Crippen LogP contribution in [0.25, 0.3) is 0 Å². The third-order valence-corrected chi connectivity index (χ3v) is 1.76. The van der Waals surface area contributed by atoms with Crippen LogP contribution in [0.3, 0.4) is 0 Å². The van der Waals surface area contributed by atoms with Gasteiger partial charge in [-0.3, -0.25) is 9.69 Å². The molecule has 1 aliphatic heterocycles. The number of nitrogens with zero attached hydrogens (tertiary/aromatic N) is 1. The van der Waals surface area contributed by atoms with Crippen molar-refractivity contribution in [2.75, 3.05) is 6.61 Å². The van der Waals surface area contributed by atoms with Crippen molar-refractivity contribution in [3.05, 3.63) is 12.8 Å². The van der Waals surface area contributed by atoms with E-state index in [0.29, 0.717) is 13.0 Å². The number of amides is 1. The molecule has 1 rings (SSSR count). The van der Waals surface area contributed by atoms with Gasteiger partial charge in [0, 0.05) is 25.6 Å². The third-order valence-electron chi connectivity index (χ3n) is 1.76. The second kappa shape index (κ2) is 3.53. The first-order chi connectivity index (χ1) is 5.29. The van der Waals surface area contributed by atoms with E-state index in [1.807, 2.05) is 6.92 Å². The highest BCUT2D eigenvalue weighted by Gasteiger charge is 2.28. The fraction of sp³-hybridized carbons (Fsp3) is 0.625. The van der Waals surface area contributed by atoms with Gasteiger partial charge in [0.2, 0.25) is 5.91 Å². The van der Waals surface area contributed by atoms with E-state index < -0.39 is 0 Å². The Balaban J connectivity index is 2.53. The van der Waals surface area contributed by atoms with Crippen molar-refractivity contribution < 1.29 is 9.53 Å². The minimum Gasteiger partial charge on any atom is -0.358 e. The van der Waals surface area contributed by atoms with Crippen LogP contribution in [0.4, 0.5) is 0 Å². The first kappa shape index (κ1) is 8.27. The minimum atomic E-state index is -0.0648. The summed E-state index contributed by atoms with van der Waals surface area (Å²) in [6, 6.07) is 0. The maximum Gasteiger partial charge on any atom is 0.228 e. The lowest BCUT2D eigenvalue weighted by molar-refractivity contribution is -0.131. The molecule has 1 saturated heterocycles. The summed E-state index contributed by atoms with van der Waals surface area (Å²) < 4.78 is 5.31. The zero-order valence-corrected chi connectivity index (χ0v) is 6.75. The van der Waals surface area contributed by atoms with Crippen LogP contribution in [0.2, 0.25) is 0 Å². The zero-order valence-electron chi connectivity index (χ0n) is 6.75. The molecule has 11 heavy (non-hydrogen) atoms. The Kier molecular flexibility index (Phi) is 2.65. The van der Waals surface area contributed by atoms with Gasteiger partial charge in [-0.25, -0.2) is 0 Å². The van der Waals surface area contributed by atoms with Crippen molar-refractivity contribution in [2.24, 2.45) is 0 Å². The van der Waals surface area contributed by atoms with Crippen LogP contribution < -0.4 is 0 Å². The topological polar surface area (TPSA) is 29.5 Å². The second-order valence-corrected chi connectivity index (χ2v) is 2.43. The van der Waals surface area contributed by atoms with Gasteiger partial charge in [0.15, 0.2) is 0 Å². The summed E-state index contributed by atoms with van der Waals surface area (Å²) in [5, 5.41) is 0. The lowest BCUT2D eigenvalue weighted by Gasteiger charge is -2.19. The number of hydrogen-bond acceptors (Lipinski definition) is 2. The van der Waals surface area contributed by atoms with Crippen molar-refractivity contribution in [1.29, 1.82) is 0 Å². The highest BCUT2D eigenvalue weighted by Crippen LogP contribution is 2.19. The summed E-state index contributed by atoms with van der Waals surface area (Å²) in [4.78, 5) is 12.6. The standard InChI is InChI=1S/C8H13NO2/c1-3-9-7(10)5-6-8(9)11-4-2/h3,8H,1,4-6H2,2H3. The Hall–Kier alpha value is -0.830. The van der Waals surface area contributed by atoms with Gasteiger partial charge in [0.1, 0.15) is 6.23 Å². The van der Waals surface area contributed by atoms with E-state index in [4.69, 9.17) is 4.74 Å². The Morgan fingerprint density at radius 3 is 3.18 bits per heavy atom. The first-order valence-electron chi connectivity index (χ1n) is 3.85. The highest BCUT2D eigenvalue weighted by atomic mass is 16.5. The molecule has 1 unspecified atom stereocenters. The maximum atomic E-state index is 11.1. The maximum absolute atomic E-state index is 11.1. The van der Waals surface area contributed by atoms with Crippen LogP contribution in [-0.4, -0.2) is 23.6 Å². The van der Waals surface area contributed by atoms with Crippen molar-refractivity contribution in [3.63, 3.8) is 0 Å². The molecule has 0 bridgehead atoms. The molecule has 1 atom stereocenters. The molecule has 0 aromatic carbocycles. The third kappa shape index (κ3) is 1.60. The molecule has 1 heterocycles. The van der Waals surface area contributed by atoms with Gasteiger partial charge < -0.3 is 4.74 Å². The molecule has 62 valence electrons. The van der Waals surface area contributed by atoms with Crippen molar-refractivity contribution in [1.82, 2.24) is 4.90 Å². The summed E-state index contributed by atoms with van der Waals surface area (Å²) in [6.45, 7) is 6.11. The molecule has 3 heteroatoms. The number of likely N-dealkylation sites (tertiary alicyclic amines) is 1. The van der Waals surface area contributed by atoms with Crippen LogP contribution in [0, 0.1) is 0 Å². The lowest BCUT2D eigenvalue weighted by Crippen LogP contribution is -2.29. The molecule has 0 aromatic rings. The number of carbonyl (C=O) groups is 1. The Morgan fingerprint density at radius 1 is 1.91 bits per heavy atom. The first-order valence-corrected chi connectivity index (χ1v) is 3.85. The van der Waals surface area contributed by atoms with Crippen molar-refractivity contribution in [2.45, 2.75) is 26.0 Å².